The normalized spacial score (nSPS) is 17.6. The van der Waals surface area contributed by atoms with Gasteiger partial charge in [0.15, 0.2) is 0 Å². The van der Waals surface area contributed by atoms with E-state index in [9.17, 15) is 4.79 Å². The number of hydrogen-bond acceptors (Lipinski definition) is 6. The molecule has 1 fully saturated rings. The minimum atomic E-state index is -0.0849. The highest BCUT2D eigenvalue weighted by Gasteiger charge is 2.40. The number of pyridine rings is 1. The van der Waals surface area contributed by atoms with Crippen molar-refractivity contribution < 1.29 is 9.47 Å². The Morgan fingerprint density at radius 1 is 1.13 bits per heavy atom. The molecule has 3 aromatic rings. The molecule has 2 atom stereocenters. The highest BCUT2D eigenvalue weighted by atomic mass is 16.5. The number of methoxy groups -OCH3 is 1. The van der Waals surface area contributed by atoms with Crippen LogP contribution in [0.3, 0.4) is 0 Å². The maximum atomic E-state index is 12.6. The molecule has 0 spiro atoms. The van der Waals surface area contributed by atoms with Crippen LogP contribution < -0.4 is 15.0 Å². The van der Waals surface area contributed by atoms with Gasteiger partial charge in [-0.1, -0.05) is 0 Å². The number of aryl methyl sites for hydroxylation is 4. The number of ether oxygens (including phenoxy) is 2. The summed E-state index contributed by atoms with van der Waals surface area (Å²) < 4.78 is 14.4. The van der Waals surface area contributed by atoms with Gasteiger partial charge in [-0.3, -0.25) is 14.5 Å². The maximum absolute atomic E-state index is 12.6. The van der Waals surface area contributed by atoms with Crippen LogP contribution in [-0.2, 0) is 26.9 Å². The molecule has 8 nitrogen and oxygen atoms in total. The third-order valence-electron chi connectivity index (χ3n) is 6.16. The molecular formula is C23H29N5O3. The van der Waals surface area contributed by atoms with Crippen LogP contribution in [-0.4, -0.2) is 38.3 Å². The first-order chi connectivity index (χ1) is 14.9. The van der Waals surface area contributed by atoms with Gasteiger partial charge in [0.2, 0.25) is 5.88 Å². The van der Waals surface area contributed by atoms with Crippen molar-refractivity contribution in [3.8, 4) is 11.6 Å². The molecule has 1 aliphatic rings. The van der Waals surface area contributed by atoms with Crippen molar-refractivity contribution in [2.75, 3.05) is 13.7 Å². The van der Waals surface area contributed by atoms with E-state index in [4.69, 9.17) is 9.47 Å². The van der Waals surface area contributed by atoms with E-state index in [1.807, 2.05) is 30.8 Å². The van der Waals surface area contributed by atoms with E-state index in [-0.39, 0.29) is 5.56 Å². The van der Waals surface area contributed by atoms with Gasteiger partial charge in [0.05, 0.1) is 25.6 Å². The lowest BCUT2D eigenvalue weighted by Crippen LogP contribution is -2.24. The molecule has 164 valence electrons. The topological polar surface area (TPSA) is 84.1 Å². The summed E-state index contributed by atoms with van der Waals surface area (Å²) in [4.78, 5) is 17.0. The maximum Gasteiger partial charge on any atom is 0.269 e. The summed E-state index contributed by atoms with van der Waals surface area (Å²) in [6.45, 7) is 4.62. The summed E-state index contributed by atoms with van der Waals surface area (Å²) in [5.41, 5.74) is 5.01. The monoisotopic (exact) mass is 423 g/mol. The fourth-order valence-electron chi connectivity index (χ4n) is 4.05. The molecule has 1 aliphatic carbocycles. The molecule has 0 N–H and O–H groups in total. The molecule has 8 heteroatoms. The summed E-state index contributed by atoms with van der Waals surface area (Å²) in [6, 6.07) is 5.73. The van der Waals surface area contributed by atoms with Crippen molar-refractivity contribution in [2.45, 2.75) is 39.0 Å². The van der Waals surface area contributed by atoms with Gasteiger partial charge in [0.1, 0.15) is 5.75 Å². The zero-order valence-electron chi connectivity index (χ0n) is 18.8. The van der Waals surface area contributed by atoms with Crippen LogP contribution in [0.15, 0.2) is 29.2 Å². The molecular weight excluding hydrogens is 394 g/mol. The second-order valence-corrected chi connectivity index (χ2v) is 8.25. The van der Waals surface area contributed by atoms with Crippen LogP contribution in [0.25, 0.3) is 0 Å². The van der Waals surface area contributed by atoms with Crippen molar-refractivity contribution in [1.82, 2.24) is 24.5 Å². The molecule has 0 radical (unpaired) electrons. The van der Waals surface area contributed by atoms with Crippen LogP contribution >= 0.6 is 0 Å². The molecule has 4 rings (SSSR count). The largest absolute Gasteiger partial charge is 0.495 e. The summed E-state index contributed by atoms with van der Waals surface area (Å²) in [5, 5.41) is 8.74. The number of aromatic nitrogens is 5. The minimum absolute atomic E-state index is 0.0849. The first-order valence-corrected chi connectivity index (χ1v) is 10.6. The van der Waals surface area contributed by atoms with Gasteiger partial charge in [0.25, 0.3) is 5.56 Å². The number of hydrogen-bond donors (Lipinski definition) is 0. The highest BCUT2D eigenvalue weighted by molar-refractivity contribution is 5.28. The van der Waals surface area contributed by atoms with Gasteiger partial charge in [-0.25, -0.2) is 4.68 Å². The number of rotatable bonds is 8. The molecule has 0 saturated heterocycles. The van der Waals surface area contributed by atoms with E-state index in [1.54, 1.807) is 26.4 Å². The Bertz CT molecular complexity index is 1130. The Hall–Kier alpha value is -3.16. The number of nitrogens with zero attached hydrogens (tertiary/aromatic N) is 5. The first-order valence-electron chi connectivity index (χ1n) is 10.6. The van der Waals surface area contributed by atoms with Crippen molar-refractivity contribution in [3.63, 3.8) is 0 Å². The fourth-order valence-corrected chi connectivity index (χ4v) is 4.05. The molecule has 0 aliphatic heterocycles. The standard InChI is InChI=1S/C23H29N5O3/c1-14-19(15(2)27(3)25-14)8-6-16-11-22(26-28(4)23(16)29)31-13-17-10-20(17)21-9-7-18(30-5)12-24-21/h7,9,11-12,17,20H,6,8,10,13H2,1-5H3/t17-,20+/m1/s1. The van der Waals surface area contributed by atoms with Crippen molar-refractivity contribution in [1.29, 1.82) is 0 Å². The smallest absolute Gasteiger partial charge is 0.269 e. The Morgan fingerprint density at radius 2 is 1.94 bits per heavy atom. The predicted molar refractivity (Wildman–Crippen MR) is 117 cm³/mol. The van der Waals surface area contributed by atoms with E-state index in [2.05, 4.69) is 22.1 Å². The van der Waals surface area contributed by atoms with Crippen LogP contribution in [0.2, 0.25) is 0 Å². The van der Waals surface area contributed by atoms with Crippen molar-refractivity contribution in [2.24, 2.45) is 20.0 Å². The summed E-state index contributed by atoms with van der Waals surface area (Å²) >= 11 is 0. The minimum Gasteiger partial charge on any atom is -0.495 e. The molecule has 0 unspecified atom stereocenters. The quantitative estimate of drug-likeness (QED) is 0.554. The van der Waals surface area contributed by atoms with Gasteiger partial charge < -0.3 is 9.47 Å². The SMILES string of the molecule is COc1ccc([C@H]2C[C@@H]2COc2cc(CCc3c(C)nn(C)c3C)c(=O)n(C)n2)nc1. The van der Waals surface area contributed by atoms with Gasteiger partial charge >= 0.3 is 0 Å². The molecule has 31 heavy (non-hydrogen) atoms. The molecule has 0 aromatic carbocycles. The van der Waals surface area contributed by atoms with E-state index in [0.717, 1.165) is 35.7 Å². The highest BCUT2D eigenvalue weighted by Crippen LogP contribution is 2.46. The lowest BCUT2D eigenvalue weighted by molar-refractivity contribution is 0.277. The lowest BCUT2D eigenvalue weighted by Gasteiger charge is -2.09. The van der Waals surface area contributed by atoms with Crippen LogP contribution in [0.1, 0.15) is 40.5 Å². The van der Waals surface area contributed by atoms with E-state index in [1.165, 1.54) is 10.2 Å². The van der Waals surface area contributed by atoms with Gasteiger partial charge in [-0.2, -0.15) is 5.10 Å². The Morgan fingerprint density at radius 3 is 2.58 bits per heavy atom. The zero-order valence-corrected chi connectivity index (χ0v) is 18.8. The van der Waals surface area contributed by atoms with Crippen LogP contribution in [0, 0.1) is 19.8 Å². The Labute approximate surface area is 181 Å². The zero-order chi connectivity index (χ0) is 22.1. The average Bonchev–Trinajstić information content (AvgIpc) is 3.50. The Kier molecular flexibility index (Phi) is 5.80. The third-order valence-corrected chi connectivity index (χ3v) is 6.16. The second-order valence-electron chi connectivity index (χ2n) is 8.25. The summed E-state index contributed by atoms with van der Waals surface area (Å²) in [5.74, 6) is 2.05. The van der Waals surface area contributed by atoms with Crippen molar-refractivity contribution in [3.05, 3.63) is 63.0 Å². The van der Waals surface area contributed by atoms with Gasteiger partial charge in [-0.05, 0) is 50.8 Å². The first kappa shape index (κ1) is 21.1. The fraction of sp³-hybridized carbons (Fsp3) is 0.478. The average molecular weight is 424 g/mol. The molecule has 0 amide bonds. The van der Waals surface area contributed by atoms with E-state index >= 15 is 0 Å². The van der Waals surface area contributed by atoms with E-state index < -0.39 is 0 Å². The summed E-state index contributed by atoms with van der Waals surface area (Å²) in [6.07, 6.45) is 4.17. The molecule has 3 aromatic heterocycles. The molecule has 1 saturated carbocycles. The Balaban J connectivity index is 1.39. The van der Waals surface area contributed by atoms with Gasteiger partial charge in [0, 0.05) is 48.9 Å². The molecule has 0 bridgehead atoms. The van der Waals surface area contributed by atoms with Gasteiger partial charge in [-0.15, -0.1) is 5.10 Å². The molecule has 3 heterocycles. The van der Waals surface area contributed by atoms with E-state index in [0.29, 0.717) is 36.3 Å². The summed E-state index contributed by atoms with van der Waals surface area (Å²) in [7, 11) is 5.24. The third kappa shape index (κ3) is 4.47. The van der Waals surface area contributed by atoms with Crippen LogP contribution in [0.5, 0.6) is 11.6 Å². The lowest BCUT2D eigenvalue weighted by atomic mass is 10.0. The van der Waals surface area contributed by atoms with Crippen molar-refractivity contribution >= 4 is 0 Å². The predicted octanol–water partition coefficient (Wildman–Crippen LogP) is 2.50. The van der Waals surface area contributed by atoms with Crippen LogP contribution in [0.4, 0.5) is 0 Å². The second kappa shape index (κ2) is 8.53.